The lowest BCUT2D eigenvalue weighted by atomic mass is 10.0. The fourth-order valence-corrected chi connectivity index (χ4v) is 7.90. The lowest BCUT2D eigenvalue weighted by molar-refractivity contribution is -0.870. The van der Waals surface area contributed by atoms with E-state index in [4.69, 9.17) is 9.05 Å². The number of carbonyl (C=O) groups is 1. The molecule has 0 aliphatic carbocycles. The number of amides is 1. The standard InChI is InChI=1S/C56H101N2O6P/c1-6-8-10-12-14-16-17-18-19-20-21-22-23-24-25-26-27-28-29-30-31-32-33-34-35-36-37-38-39-40-41-42-44-46-48-50-56(60)57-54(53-64-65(61,62)63-52-51-58(3,4)5)55(59)49-47-45-43-15-13-11-9-7-2/h8,10,13-16,18-19,21-22,24-25,47,49,54-55,59H,6-7,9,11-12,17,20,23,26-46,48,50-53H2,1-5H3,(H-,57,60,61,62)/b10-8-,15-13+,16-14-,19-18-,22-21-,25-24-,49-47+. The topological polar surface area (TPSA) is 108 Å². The number of unbranched alkanes of at least 4 members (excludes halogenated alkanes) is 22. The van der Waals surface area contributed by atoms with Crippen molar-refractivity contribution in [3.63, 3.8) is 0 Å². The zero-order valence-electron chi connectivity index (χ0n) is 42.7. The molecule has 0 aliphatic heterocycles. The summed E-state index contributed by atoms with van der Waals surface area (Å²) in [6, 6.07) is -0.902. The average Bonchev–Trinajstić information content (AvgIpc) is 3.26. The van der Waals surface area contributed by atoms with Gasteiger partial charge in [-0.05, 0) is 70.6 Å². The molecule has 0 aliphatic rings. The summed E-state index contributed by atoms with van der Waals surface area (Å²) in [6.07, 6.45) is 65.5. The van der Waals surface area contributed by atoms with E-state index in [1.807, 2.05) is 27.2 Å². The van der Waals surface area contributed by atoms with Crippen molar-refractivity contribution in [2.75, 3.05) is 40.9 Å². The van der Waals surface area contributed by atoms with Crippen LogP contribution >= 0.6 is 7.82 Å². The normalized spacial score (nSPS) is 14.8. The summed E-state index contributed by atoms with van der Waals surface area (Å²) in [5.74, 6) is -0.212. The Morgan fingerprint density at radius 2 is 0.954 bits per heavy atom. The van der Waals surface area contributed by atoms with Crippen molar-refractivity contribution in [3.8, 4) is 0 Å². The van der Waals surface area contributed by atoms with E-state index in [9.17, 15) is 19.4 Å². The van der Waals surface area contributed by atoms with Gasteiger partial charge in [-0.25, -0.2) is 0 Å². The summed E-state index contributed by atoms with van der Waals surface area (Å²) in [6.45, 7) is 4.43. The number of aliphatic hydroxyl groups excluding tert-OH is 1. The first-order chi connectivity index (χ1) is 31.5. The Bertz CT molecular complexity index is 1330. The Morgan fingerprint density at radius 3 is 1.43 bits per heavy atom. The predicted octanol–water partition coefficient (Wildman–Crippen LogP) is 15.1. The van der Waals surface area contributed by atoms with Gasteiger partial charge < -0.3 is 28.8 Å². The van der Waals surface area contributed by atoms with Crippen molar-refractivity contribution in [2.24, 2.45) is 0 Å². The van der Waals surface area contributed by atoms with Crippen LogP contribution in [0.1, 0.15) is 213 Å². The highest BCUT2D eigenvalue weighted by Crippen LogP contribution is 2.38. The molecule has 1 amide bonds. The molecule has 0 saturated heterocycles. The molecule has 2 N–H and O–H groups in total. The fraction of sp³-hybridized carbons (Fsp3) is 0.732. The van der Waals surface area contributed by atoms with Crippen LogP contribution < -0.4 is 10.2 Å². The van der Waals surface area contributed by atoms with Gasteiger partial charge in [-0.1, -0.05) is 221 Å². The monoisotopic (exact) mass is 929 g/mol. The van der Waals surface area contributed by atoms with Crippen LogP contribution in [0.3, 0.4) is 0 Å². The first-order valence-corrected chi connectivity index (χ1v) is 27.9. The van der Waals surface area contributed by atoms with Gasteiger partial charge in [0.15, 0.2) is 0 Å². The summed E-state index contributed by atoms with van der Waals surface area (Å²) < 4.78 is 23.1. The number of carbonyl (C=O) groups excluding carboxylic acids is 1. The lowest BCUT2D eigenvalue weighted by Gasteiger charge is -2.29. The van der Waals surface area contributed by atoms with Crippen molar-refractivity contribution < 1.29 is 32.9 Å². The van der Waals surface area contributed by atoms with E-state index in [0.717, 1.165) is 70.6 Å². The zero-order valence-corrected chi connectivity index (χ0v) is 43.6. The Balaban J connectivity index is 3.91. The molecule has 0 bridgehead atoms. The van der Waals surface area contributed by atoms with Gasteiger partial charge in [-0.15, -0.1) is 0 Å². The van der Waals surface area contributed by atoms with Gasteiger partial charge in [0.05, 0.1) is 39.9 Å². The third-order valence-corrected chi connectivity index (χ3v) is 12.3. The number of rotatable bonds is 47. The van der Waals surface area contributed by atoms with Gasteiger partial charge in [0, 0.05) is 6.42 Å². The quantitative estimate of drug-likeness (QED) is 0.0272. The molecular formula is C56H101N2O6P. The van der Waals surface area contributed by atoms with E-state index in [0.29, 0.717) is 17.4 Å². The van der Waals surface area contributed by atoms with Crippen molar-refractivity contribution in [3.05, 3.63) is 85.1 Å². The van der Waals surface area contributed by atoms with E-state index in [-0.39, 0.29) is 12.5 Å². The Hall–Kier alpha value is -2.32. The number of nitrogens with zero attached hydrogens (tertiary/aromatic N) is 1. The third kappa shape index (κ3) is 49.4. The highest BCUT2D eigenvalue weighted by molar-refractivity contribution is 7.45. The molecule has 0 aromatic heterocycles. The molecule has 0 aromatic rings. The van der Waals surface area contributed by atoms with Crippen LogP contribution in [0.5, 0.6) is 0 Å². The molecule has 0 rings (SSSR count). The van der Waals surface area contributed by atoms with Crippen LogP contribution in [-0.2, 0) is 18.4 Å². The smallest absolute Gasteiger partial charge is 0.268 e. The molecule has 0 saturated carbocycles. The summed E-state index contributed by atoms with van der Waals surface area (Å²) in [7, 11) is 1.24. The summed E-state index contributed by atoms with van der Waals surface area (Å²) >= 11 is 0. The van der Waals surface area contributed by atoms with Gasteiger partial charge in [0.2, 0.25) is 5.91 Å². The summed E-state index contributed by atoms with van der Waals surface area (Å²) in [5.41, 5.74) is 0. The van der Waals surface area contributed by atoms with E-state index in [1.54, 1.807) is 6.08 Å². The van der Waals surface area contributed by atoms with Crippen LogP contribution in [0.25, 0.3) is 0 Å². The van der Waals surface area contributed by atoms with Crippen LogP contribution in [0.2, 0.25) is 0 Å². The maximum atomic E-state index is 12.8. The molecule has 9 heteroatoms. The van der Waals surface area contributed by atoms with Crippen molar-refractivity contribution >= 4 is 13.7 Å². The summed E-state index contributed by atoms with van der Waals surface area (Å²) in [4.78, 5) is 25.3. The van der Waals surface area contributed by atoms with Gasteiger partial charge in [-0.3, -0.25) is 9.36 Å². The van der Waals surface area contributed by atoms with Crippen LogP contribution in [0, 0.1) is 0 Å². The third-order valence-electron chi connectivity index (χ3n) is 11.3. The summed E-state index contributed by atoms with van der Waals surface area (Å²) in [5, 5.41) is 13.7. The fourth-order valence-electron chi connectivity index (χ4n) is 7.18. The molecule has 376 valence electrons. The maximum absolute atomic E-state index is 12.8. The van der Waals surface area contributed by atoms with E-state index in [1.165, 1.54) is 122 Å². The van der Waals surface area contributed by atoms with Gasteiger partial charge >= 0.3 is 0 Å². The first-order valence-electron chi connectivity index (χ1n) is 26.4. The van der Waals surface area contributed by atoms with Crippen LogP contribution in [-0.4, -0.2) is 68.5 Å². The molecule has 65 heavy (non-hydrogen) atoms. The lowest BCUT2D eigenvalue weighted by Crippen LogP contribution is -2.45. The number of phosphoric ester groups is 1. The second-order valence-corrected chi connectivity index (χ2v) is 20.2. The van der Waals surface area contributed by atoms with E-state index in [2.05, 4.69) is 92.1 Å². The predicted molar refractivity (Wildman–Crippen MR) is 279 cm³/mol. The molecule has 8 nitrogen and oxygen atoms in total. The Kier molecular flexibility index (Phi) is 45.1. The van der Waals surface area contributed by atoms with Crippen molar-refractivity contribution in [2.45, 2.75) is 225 Å². The van der Waals surface area contributed by atoms with Crippen LogP contribution in [0.4, 0.5) is 0 Å². The number of hydrogen-bond donors (Lipinski definition) is 2. The second kappa shape index (κ2) is 46.8. The van der Waals surface area contributed by atoms with Crippen LogP contribution in [0.15, 0.2) is 85.1 Å². The number of hydrogen-bond acceptors (Lipinski definition) is 6. The number of likely N-dealkylation sites (N-methyl/N-ethyl adjacent to an activating group) is 1. The Labute approximate surface area is 401 Å². The number of nitrogens with one attached hydrogen (secondary N) is 1. The van der Waals surface area contributed by atoms with Crippen molar-refractivity contribution in [1.82, 2.24) is 5.32 Å². The highest BCUT2D eigenvalue weighted by atomic mass is 31.2. The largest absolute Gasteiger partial charge is 0.756 e. The number of phosphoric acid groups is 1. The Morgan fingerprint density at radius 1 is 0.554 bits per heavy atom. The molecule has 3 atom stereocenters. The van der Waals surface area contributed by atoms with E-state index >= 15 is 0 Å². The minimum absolute atomic E-state index is 0.00859. The molecule has 3 unspecified atom stereocenters. The number of aliphatic hydroxyl groups is 1. The molecule has 0 aromatic carbocycles. The first kappa shape index (κ1) is 62.7. The van der Waals surface area contributed by atoms with Gasteiger partial charge in [0.25, 0.3) is 7.82 Å². The average molecular weight is 929 g/mol. The zero-order chi connectivity index (χ0) is 47.8. The van der Waals surface area contributed by atoms with Gasteiger partial charge in [-0.2, -0.15) is 0 Å². The molecule has 0 spiro atoms. The maximum Gasteiger partial charge on any atom is 0.268 e. The second-order valence-electron chi connectivity index (χ2n) is 18.8. The SMILES string of the molecule is CC/C=C\C/C=C\C/C=C\C/C=C\C/C=C\CCCCCCCCCCCCCCCCCCCCCC(=O)NC(COP(=O)([O-])OCC[N+](C)(C)C)C(O)/C=C/CC/C=C/CCCC. The van der Waals surface area contributed by atoms with E-state index < -0.39 is 26.6 Å². The van der Waals surface area contributed by atoms with Crippen molar-refractivity contribution in [1.29, 1.82) is 0 Å². The minimum Gasteiger partial charge on any atom is -0.756 e. The molecular weight excluding hydrogens is 828 g/mol. The molecule has 0 radical (unpaired) electrons. The minimum atomic E-state index is -4.59. The van der Waals surface area contributed by atoms with Gasteiger partial charge in [0.1, 0.15) is 13.2 Å². The number of allylic oxidation sites excluding steroid dienone is 13. The molecule has 0 fully saturated rings. The number of quaternary nitrogens is 1. The highest BCUT2D eigenvalue weighted by Gasteiger charge is 2.23. The molecule has 0 heterocycles.